The Labute approximate surface area is 191 Å². The molecule has 2 aromatic carbocycles. The number of benzene rings is 2. The molecule has 0 spiro atoms. The highest BCUT2D eigenvalue weighted by Gasteiger charge is 2.36. The van der Waals surface area contributed by atoms with Crippen LogP contribution in [-0.2, 0) is 9.53 Å². The van der Waals surface area contributed by atoms with Gasteiger partial charge in [-0.3, -0.25) is 9.69 Å². The van der Waals surface area contributed by atoms with Crippen molar-refractivity contribution < 1.29 is 23.7 Å². The number of fused-ring (bicyclic) bond motifs is 1. The Hall–Kier alpha value is -2.97. The molecule has 0 saturated carbocycles. The zero-order valence-corrected chi connectivity index (χ0v) is 18.6. The van der Waals surface area contributed by atoms with Gasteiger partial charge in [0.15, 0.2) is 16.7 Å². The molecular weight excluding hydrogens is 428 g/mol. The molecule has 0 unspecified atom stereocenters. The molecule has 1 atom stereocenters. The third kappa shape index (κ3) is 4.33. The first-order valence-corrected chi connectivity index (χ1v) is 11.6. The second kappa shape index (κ2) is 9.26. The van der Waals surface area contributed by atoms with Gasteiger partial charge in [0.05, 0.1) is 29.8 Å². The number of nitrogens with zero attached hydrogens (tertiary/aromatic N) is 2. The van der Waals surface area contributed by atoms with E-state index in [1.54, 1.807) is 4.90 Å². The lowest BCUT2D eigenvalue weighted by Crippen LogP contribution is -2.36. The summed E-state index contributed by atoms with van der Waals surface area (Å²) in [4.78, 5) is 20.5. The summed E-state index contributed by atoms with van der Waals surface area (Å²) in [5, 5.41) is 0.654. The first-order chi connectivity index (χ1) is 15.7. The van der Waals surface area contributed by atoms with Crippen molar-refractivity contribution in [1.82, 2.24) is 4.90 Å². The molecule has 1 amide bonds. The first kappa shape index (κ1) is 20.9. The molecule has 3 aliphatic heterocycles. The Balaban J connectivity index is 1.50. The van der Waals surface area contributed by atoms with Crippen LogP contribution in [0.1, 0.15) is 25.3 Å². The summed E-state index contributed by atoms with van der Waals surface area (Å²) in [6, 6.07) is 13.3. The number of carbonyl (C=O) groups excluding carboxylic acids is 1. The second-order valence-electron chi connectivity index (χ2n) is 7.57. The van der Waals surface area contributed by atoms with E-state index >= 15 is 0 Å². The number of carbonyl (C=O) groups is 1. The van der Waals surface area contributed by atoms with E-state index in [9.17, 15) is 4.79 Å². The minimum absolute atomic E-state index is 0.0319. The van der Waals surface area contributed by atoms with Crippen molar-refractivity contribution in [1.29, 1.82) is 0 Å². The molecule has 8 heteroatoms. The lowest BCUT2D eigenvalue weighted by Gasteiger charge is -2.19. The fourth-order valence-corrected chi connectivity index (χ4v) is 4.83. The molecule has 0 N–H and O–H groups in total. The summed E-state index contributed by atoms with van der Waals surface area (Å²) in [5.41, 5.74) is 1.57. The Bertz CT molecular complexity index is 1060. The summed E-state index contributed by atoms with van der Waals surface area (Å²) < 4.78 is 22.6. The number of para-hydroxylation sites is 1. The van der Waals surface area contributed by atoms with Gasteiger partial charge in [0.2, 0.25) is 6.79 Å². The summed E-state index contributed by atoms with van der Waals surface area (Å²) in [6.45, 7) is 3.84. The fraction of sp³-hybridized carbons (Fsp3) is 0.333. The molecule has 0 aromatic heterocycles. The van der Waals surface area contributed by atoms with Crippen molar-refractivity contribution in [2.45, 2.75) is 25.9 Å². The third-order valence-corrected chi connectivity index (χ3v) is 6.38. The highest BCUT2D eigenvalue weighted by molar-refractivity contribution is 8.18. The Kier molecular flexibility index (Phi) is 6.05. The maximum absolute atomic E-state index is 13.4. The molecule has 2 fully saturated rings. The number of hydrogen-bond acceptors (Lipinski definition) is 7. The van der Waals surface area contributed by atoms with Gasteiger partial charge in [0, 0.05) is 18.2 Å². The lowest BCUT2D eigenvalue weighted by atomic mass is 10.1. The van der Waals surface area contributed by atoms with E-state index in [2.05, 4.69) is 0 Å². The number of amidine groups is 1. The van der Waals surface area contributed by atoms with Crippen LogP contribution in [0.15, 0.2) is 52.4 Å². The lowest BCUT2D eigenvalue weighted by molar-refractivity contribution is -0.123. The van der Waals surface area contributed by atoms with Crippen LogP contribution >= 0.6 is 11.8 Å². The smallest absolute Gasteiger partial charge is 0.266 e. The Morgan fingerprint density at radius 1 is 1.22 bits per heavy atom. The number of amides is 1. The van der Waals surface area contributed by atoms with Crippen molar-refractivity contribution in [3.8, 4) is 17.2 Å². The van der Waals surface area contributed by atoms with Crippen molar-refractivity contribution in [2.24, 2.45) is 4.99 Å². The maximum atomic E-state index is 13.4. The molecule has 7 nitrogen and oxygen atoms in total. The van der Waals surface area contributed by atoms with Gasteiger partial charge in [-0.05, 0) is 55.8 Å². The average Bonchev–Trinajstić information content (AvgIpc) is 3.53. The SMILES string of the molecule is CCOc1cc2c(cc1/C=C1/SC(=Nc3ccccc3)N(C[C@H]3CCCO3)C1=O)OCO2. The molecule has 5 rings (SSSR count). The summed E-state index contributed by atoms with van der Waals surface area (Å²) in [7, 11) is 0. The van der Waals surface area contributed by atoms with Gasteiger partial charge in [-0.1, -0.05) is 18.2 Å². The second-order valence-corrected chi connectivity index (χ2v) is 8.58. The highest BCUT2D eigenvalue weighted by Crippen LogP contribution is 2.41. The maximum Gasteiger partial charge on any atom is 0.266 e. The van der Waals surface area contributed by atoms with E-state index in [1.165, 1.54) is 11.8 Å². The predicted octanol–water partition coefficient (Wildman–Crippen LogP) is 4.60. The zero-order chi connectivity index (χ0) is 21.9. The van der Waals surface area contributed by atoms with Crippen LogP contribution < -0.4 is 14.2 Å². The molecule has 0 radical (unpaired) electrons. The van der Waals surface area contributed by atoms with Crippen LogP contribution in [0.5, 0.6) is 17.2 Å². The van der Waals surface area contributed by atoms with E-state index in [0.29, 0.717) is 40.5 Å². The molecule has 2 aromatic rings. The zero-order valence-electron chi connectivity index (χ0n) is 17.8. The molecule has 0 aliphatic carbocycles. The van der Waals surface area contributed by atoms with Crippen LogP contribution in [0.4, 0.5) is 5.69 Å². The van der Waals surface area contributed by atoms with Gasteiger partial charge in [-0.25, -0.2) is 4.99 Å². The number of ether oxygens (including phenoxy) is 4. The quantitative estimate of drug-likeness (QED) is 0.597. The standard InChI is InChI=1S/C24H24N2O5S/c1-2-28-19-13-21-20(30-15-31-21)11-16(19)12-22-23(27)26(14-18-9-6-10-29-18)24(32-22)25-17-7-4-3-5-8-17/h3-5,7-8,11-13,18H,2,6,9-10,14-15H2,1H3/b22-12+,25-24?/t18-/m1/s1. The van der Waals surface area contributed by atoms with E-state index in [0.717, 1.165) is 30.7 Å². The van der Waals surface area contributed by atoms with Crippen LogP contribution in [0, 0.1) is 0 Å². The monoisotopic (exact) mass is 452 g/mol. The minimum atomic E-state index is -0.0831. The summed E-state index contributed by atoms with van der Waals surface area (Å²) >= 11 is 1.36. The van der Waals surface area contributed by atoms with Gasteiger partial charge in [-0.2, -0.15) is 0 Å². The number of aliphatic imine (C=N–C) groups is 1. The first-order valence-electron chi connectivity index (χ1n) is 10.7. The molecule has 2 saturated heterocycles. The van der Waals surface area contributed by atoms with Gasteiger partial charge in [0.25, 0.3) is 5.91 Å². The summed E-state index contributed by atoms with van der Waals surface area (Å²) in [5.74, 6) is 1.86. The fourth-order valence-electron chi connectivity index (χ4n) is 3.83. The predicted molar refractivity (Wildman–Crippen MR) is 124 cm³/mol. The van der Waals surface area contributed by atoms with Crippen LogP contribution in [0.25, 0.3) is 6.08 Å². The van der Waals surface area contributed by atoms with Crippen molar-refractivity contribution >= 4 is 34.6 Å². The van der Waals surface area contributed by atoms with E-state index < -0.39 is 0 Å². The van der Waals surface area contributed by atoms with Gasteiger partial charge in [-0.15, -0.1) is 0 Å². The highest BCUT2D eigenvalue weighted by atomic mass is 32.2. The largest absolute Gasteiger partial charge is 0.493 e. The normalized spacial score (nSPS) is 22.3. The van der Waals surface area contributed by atoms with Crippen molar-refractivity contribution in [3.63, 3.8) is 0 Å². The number of hydrogen-bond donors (Lipinski definition) is 0. The summed E-state index contributed by atoms with van der Waals surface area (Å²) in [6.07, 6.45) is 3.84. The van der Waals surface area contributed by atoms with Crippen molar-refractivity contribution in [3.05, 3.63) is 52.9 Å². The van der Waals surface area contributed by atoms with Crippen LogP contribution in [0.3, 0.4) is 0 Å². The average molecular weight is 453 g/mol. The molecular formula is C24H24N2O5S. The van der Waals surface area contributed by atoms with E-state index in [1.807, 2.05) is 55.5 Å². The van der Waals surface area contributed by atoms with Gasteiger partial charge < -0.3 is 18.9 Å². The molecule has 166 valence electrons. The van der Waals surface area contributed by atoms with E-state index in [-0.39, 0.29) is 18.8 Å². The van der Waals surface area contributed by atoms with Crippen molar-refractivity contribution in [2.75, 3.05) is 26.6 Å². The number of rotatable bonds is 6. The van der Waals surface area contributed by atoms with Crippen LogP contribution in [0.2, 0.25) is 0 Å². The van der Waals surface area contributed by atoms with E-state index in [4.69, 9.17) is 23.9 Å². The Morgan fingerprint density at radius 3 is 2.78 bits per heavy atom. The van der Waals surface area contributed by atoms with Crippen LogP contribution in [-0.4, -0.2) is 48.6 Å². The molecule has 0 bridgehead atoms. The molecule has 32 heavy (non-hydrogen) atoms. The Morgan fingerprint density at radius 2 is 2.03 bits per heavy atom. The minimum Gasteiger partial charge on any atom is -0.493 e. The number of thioether (sulfide) groups is 1. The third-order valence-electron chi connectivity index (χ3n) is 5.37. The van der Waals surface area contributed by atoms with Gasteiger partial charge >= 0.3 is 0 Å². The molecule has 3 heterocycles. The molecule has 3 aliphatic rings. The topological polar surface area (TPSA) is 69.6 Å². The van der Waals surface area contributed by atoms with Gasteiger partial charge in [0.1, 0.15) is 5.75 Å².